The number of rotatable bonds is 4. The van der Waals surface area contributed by atoms with Crippen molar-refractivity contribution < 1.29 is 4.79 Å². The highest BCUT2D eigenvalue weighted by Crippen LogP contribution is 2.26. The molecule has 1 fully saturated rings. The van der Waals surface area contributed by atoms with E-state index in [1.165, 1.54) is 5.56 Å². The molecule has 4 nitrogen and oxygen atoms in total. The molecule has 0 atom stereocenters. The van der Waals surface area contributed by atoms with Crippen molar-refractivity contribution in [2.24, 2.45) is 5.92 Å². The quantitative estimate of drug-likeness (QED) is 0.751. The van der Waals surface area contributed by atoms with Crippen LogP contribution in [0, 0.1) is 12.8 Å². The minimum Gasteiger partial charge on any atom is -0.325 e. The summed E-state index contributed by atoms with van der Waals surface area (Å²) in [4.78, 5) is 19.6. The molecule has 4 rings (SSSR count). The van der Waals surface area contributed by atoms with Gasteiger partial charge in [-0.3, -0.25) is 14.7 Å². The SMILES string of the molecule is Cc1nccc2c(NC(=O)C3CCN(Cc4ccccc4)CC3)cccc12. The first-order valence-corrected chi connectivity index (χ1v) is 9.62. The third-order valence-electron chi connectivity index (χ3n) is 5.47. The van der Waals surface area contributed by atoms with Crippen LogP contribution >= 0.6 is 0 Å². The van der Waals surface area contributed by atoms with E-state index in [4.69, 9.17) is 0 Å². The summed E-state index contributed by atoms with van der Waals surface area (Å²) in [5.74, 6) is 0.214. The van der Waals surface area contributed by atoms with Crippen molar-refractivity contribution in [2.45, 2.75) is 26.3 Å². The Morgan fingerprint density at radius 2 is 1.81 bits per heavy atom. The Kier molecular flexibility index (Phi) is 5.16. The number of piperidine rings is 1. The third-order valence-corrected chi connectivity index (χ3v) is 5.47. The maximum absolute atomic E-state index is 12.8. The van der Waals surface area contributed by atoms with Gasteiger partial charge in [0.15, 0.2) is 0 Å². The molecule has 1 aliphatic heterocycles. The van der Waals surface area contributed by atoms with E-state index in [0.29, 0.717) is 0 Å². The molecule has 1 saturated heterocycles. The van der Waals surface area contributed by atoms with Gasteiger partial charge in [0.05, 0.1) is 0 Å². The minimum atomic E-state index is 0.0789. The van der Waals surface area contributed by atoms with Crippen molar-refractivity contribution in [1.82, 2.24) is 9.88 Å². The van der Waals surface area contributed by atoms with Gasteiger partial charge in [0.2, 0.25) is 5.91 Å². The number of anilines is 1. The number of hydrogen-bond acceptors (Lipinski definition) is 3. The first kappa shape index (κ1) is 17.7. The molecule has 0 bridgehead atoms. The monoisotopic (exact) mass is 359 g/mol. The smallest absolute Gasteiger partial charge is 0.227 e. The second-order valence-corrected chi connectivity index (χ2v) is 7.32. The zero-order chi connectivity index (χ0) is 18.6. The van der Waals surface area contributed by atoms with Crippen molar-refractivity contribution in [2.75, 3.05) is 18.4 Å². The number of hydrogen-bond donors (Lipinski definition) is 1. The number of carbonyl (C=O) groups excluding carboxylic acids is 1. The fourth-order valence-corrected chi connectivity index (χ4v) is 3.89. The van der Waals surface area contributed by atoms with Crippen LogP contribution in [0.2, 0.25) is 0 Å². The van der Waals surface area contributed by atoms with E-state index in [2.05, 4.69) is 45.5 Å². The van der Waals surface area contributed by atoms with Gasteiger partial charge in [-0.15, -0.1) is 0 Å². The fraction of sp³-hybridized carbons (Fsp3) is 0.304. The highest BCUT2D eigenvalue weighted by atomic mass is 16.1. The van der Waals surface area contributed by atoms with Gasteiger partial charge in [-0.2, -0.15) is 0 Å². The van der Waals surface area contributed by atoms with Gasteiger partial charge in [0.25, 0.3) is 0 Å². The van der Waals surface area contributed by atoms with Gasteiger partial charge in [-0.05, 0) is 50.6 Å². The number of aryl methyl sites for hydroxylation is 1. The summed E-state index contributed by atoms with van der Waals surface area (Å²) >= 11 is 0. The number of likely N-dealkylation sites (tertiary alicyclic amines) is 1. The van der Waals surface area contributed by atoms with Crippen LogP contribution in [0.1, 0.15) is 24.1 Å². The van der Waals surface area contributed by atoms with E-state index in [9.17, 15) is 4.79 Å². The fourth-order valence-electron chi connectivity index (χ4n) is 3.89. The number of aromatic nitrogens is 1. The Morgan fingerprint density at radius 1 is 1.04 bits per heavy atom. The molecule has 2 aromatic carbocycles. The lowest BCUT2D eigenvalue weighted by molar-refractivity contribution is -0.121. The van der Waals surface area contributed by atoms with Gasteiger partial charge in [-0.25, -0.2) is 0 Å². The van der Waals surface area contributed by atoms with Crippen molar-refractivity contribution in [3.8, 4) is 0 Å². The minimum absolute atomic E-state index is 0.0789. The number of benzene rings is 2. The predicted molar refractivity (Wildman–Crippen MR) is 110 cm³/mol. The summed E-state index contributed by atoms with van der Waals surface area (Å²) in [7, 11) is 0. The maximum atomic E-state index is 12.8. The zero-order valence-electron chi connectivity index (χ0n) is 15.7. The van der Waals surface area contributed by atoms with Crippen LogP contribution in [0.25, 0.3) is 10.8 Å². The molecular weight excluding hydrogens is 334 g/mol. The molecule has 1 amide bonds. The lowest BCUT2D eigenvalue weighted by Gasteiger charge is -2.31. The Hall–Kier alpha value is -2.72. The molecule has 0 saturated carbocycles. The van der Waals surface area contributed by atoms with Gasteiger partial charge in [0.1, 0.15) is 0 Å². The molecule has 0 aliphatic carbocycles. The van der Waals surface area contributed by atoms with E-state index in [1.807, 2.05) is 31.2 Å². The van der Waals surface area contributed by atoms with Gasteiger partial charge >= 0.3 is 0 Å². The van der Waals surface area contributed by atoms with Crippen LogP contribution in [-0.4, -0.2) is 28.9 Å². The average molecular weight is 359 g/mol. The third kappa shape index (κ3) is 4.01. The van der Waals surface area contributed by atoms with Crippen LogP contribution in [0.5, 0.6) is 0 Å². The molecule has 1 aliphatic rings. The number of pyridine rings is 1. The normalized spacial score (nSPS) is 15.7. The highest BCUT2D eigenvalue weighted by Gasteiger charge is 2.25. The number of amides is 1. The van der Waals surface area contributed by atoms with E-state index < -0.39 is 0 Å². The first-order chi connectivity index (χ1) is 13.2. The Morgan fingerprint density at radius 3 is 2.59 bits per heavy atom. The molecule has 138 valence electrons. The summed E-state index contributed by atoms with van der Waals surface area (Å²) in [5, 5.41) is 5.31. The van der Waals surface area contributed by atoms with Crippen molar-refractivity contribution in [1.29, 1.82) is 0 Å². The van der Waals surface area contributed by atoms with Crippen LogP contribution in [0.4, 0.5) is 5.69 Å². The van der Waals surface area contributed by atoms with Crippen LogP contribution in [0.15, 0.2) is 60.8 Å². The number of nitrogens with one attached hydrogen (secondary N) is 1. The van der Waals surface area contributed by atoms with Crippen LogP contribution in [-0.2, 0) is 11.3 Å². The number of fused-ring (bicyclic) bond motifs is 1. The van der Waals surface area contributed by atoms with Crippen molar-refractivity contribution in [3.05, 3.63) is 72.1 Å². The zero-order valence-corrected chi connectivity index (χ0v) is 15.7. The molecule has 1 N–H and O–H groups in total. The highest BCUT2D eigenvalue weighted by molar-refractivity contribution is 6.03. The van der Waals surface area contributed by atoms with Gasteiger partial charge in [0, 0.05) is 40.8 Å². The molecule has 3 aromatic rings. The summed E-state index contributed by atoms with van der Waals surface area (Å²) in [6.45, 7) is 4.89. The van der Waals surface area contributed by atoms with Crippen molar-refractivity contribution >= 4 is 22.4 Å². The molecule has 2 heterocycles. The van der Waals surface area contributed by atoms with Crippen LogP contribution in [0.3, 0.4) is 0 Å². The van der Waals surface area contributed by atoms with Gasteiger partial charge in [-0.1, -0.05) is 42.5 Å². The summed E-state index contributed by atoms with van der Waals surface area (Å²) in [6.07, 6.45) is 3.61. The molecule has 27 heavy (non-hydrogen) atoms. The number of nitrogens with zero attached hydrogens (tertiary/aromatic N) is 2. The molecule has 4 heteroatoms. The topological polar surface area (TPSA) is 45.2 Å². The van der Waals surface area contributed by atoms with E-state index in [-0.39, 0.29) is 11.8 Å². The summed E-state index contributed by atoms with van der Waals surface area (Å²) in [6, 6.07) is 18.5. The molecule has 0 spiro atoms. The van der Waals surface area contributed by atoms with E-state index in [1.54, 1.807) is 6.20 Å². The van der Waals surface area contributed by atoms with Crippen LogP contribution < -0.4 is 5.32 Å². The second kappa shape index (κ2) is 7.89. The van der Waals surface area contributed by atoms with E-state index in [0.717, 1.165) is 54.6 Å². The second-order valence-electron chi connectivity index (χ2n) is 7.32. The average Bonchev–Trinajstić information content (AvgIpc) is 2.70. The maximum Gasteiger partial charge on any atom is 0.227 e. The predicted octanol–water partition coefficient (Wildman–Crippen LogP) is 4.39. The van der Waals surface area contributed by atoms with Crippen molar-refractivity contribution in [3.63, 3.8) is 0 Å². The first-order valence-electron chi connectivity index (χ1n) is 9.62. The Balaban J connectivity index is 1.38. The summed E-state index contributed by atoms with van der Waals surface area (Å²) in [5.41, 5.74) is 3.20. The van der Waals surface area contributed by atoms with Gasteiger partial charge < -0.3 is 5.32 Å². The number of carbonyl (C=O) groups is 1. The summed E-state index contributed by atoms with van der Waals surface area (Å²) < 4.78 is 0. The largest absolute Gasteiger partial charge is 0.325 e. The van der Waals surface area contributed by atoms with E-state index >= 15 is 0 Å². The molecule has 0 radical (unpaired) electrons. The molecular formula is C23H25N3O. The Labute approximate surface area is 160 Å². The molecule has 0 unspecified atom stereocenters. The lowest BCUT2D eigenvalue weighted by atomic mass is 9.95. The molecule has 1 aromatic heterocycles. The lowest BCUT2D eigenvalue weighted by Crippen LogP contribution is -2.37. The Bertz CT molecular complexity index is 931. The standard InChI is InChI=1S/C23H25N3O/c1-17-20-8-5-9-22(21(20)10-13-24-17)25-23(27)19-11-14-26(15-12-19)16-18-6-3-2-4-7-18/h2-10,13,19H,11-12,14-16H2,1H3,(H,25,27).